The summed E-state index contributed by atoms with van der Waals surface area (Å²) in [6.07, 6.45) is 3.72. The molecule has 334 valence electrons. The molecule has 0 spiro atoms. The van der Waals surface area contributed by atoms with Gasteiger partial charge in [0.15, 0.2) is 0 Å². The highest BCUT2D eigenvalue weighted by molar-refractivity contribution is 6.33. The van der Waals surface area contributed by atoms with E-state index in [2.05, 4.69) is 264 Å². The molecule has 0 aliphatic heterocycles. The van der Waals surface area contributed by atoms with E-state index in [-0.39, 0.29) is 5.92 Å². The van der Waals surface area contributed by atoms with Crippen molar-refractivity contribution >= 4 is 45.7 Å². The second-order valence-electron chi connectivity index (χ2n) is 17.3. The lowest BCUT2D eigenvalue weighted by Crippen LogP contribution is -2.11. The number of nitrogens with zero attached hydrogens (tertiary/aromatic N) is 3. The van der Waals surface area contributed by atoms with E-state index in [9.17, 15) is 0 Å². The molecule has 0 saturated carbocycles. The summed E-state index contributed by atoms with van der Waals surface area (Å²) in [7, 11) is 0. The average molecular weight is 919 g/mol. The first-order valence-electron chi connectivity index (χ1n) is 23.6. The van der Waals surface area contributed by atoms with Crippen LogP contribution in [0.3, 0.4) is 0 Å². The fourth-order valence-electron chi connectivity index (χ4n) is 9.44. The van der Waals surface area contributed by atoms with Crippen molar-refractivity contribution < 1.29 is 0 Å². The van der Waals surface area contributed by atoms with E-state index in [1.165, 1.54) is 38.9 Å². The van der Waals surface area contributed by atoms with Gasteiger partial charge in [0.2, 0.25) is 0 Å². The fourth-order valence-corrected chi connectivity index (χ4v) is 9.68. The number of rotatable bonds is 13. The summed E-state index contributed by atoms with van der Waals surface area (Å²) >= 11 is 6.65. The highest BCUT2D eigenvalue weighted by atomic mass is 35.5. The molecule has 0 fully saturated rings. The van der Waals surface area contributed by atoms with E-state index < -0.39 is 0 Å². The molecule has 0 amide bonds. The van der Waals surface area contributed by atoms with Gasteiger partial charge in [0.1, 0.15) is 0 Å². The Kier molecular flexibility index (Phi) is 12.7. The van der Waals surface area contributed by atoms with E-state index in [1.54, 1.807) is 0 Å². The van der Waals surface area contributed by atoms with Crippen LogP contribution in [0.2, 0.25) is 5.02 Å². The van der Waals surface area contributed by atoms with Crippen molar-refractivity contribution in [2.24, 2.45) is 0 Å². The Balaban J connectivity index is 0.944. The zero-order chi connectivity index (χ0) is 47.1. The van der Waals surface area contributed by atoms with Gasteiger partial charge in [-0.05, 0) is 141 Å². The maximum Gasteiger partial charge on any atom is 0.0484 e. The van der Waals surface area contributed by atoms with E-state index in [1.807, 2.05) is 36.7 Å². The number of pyridine rings is 1. The molecular formula is C66H48ClN3. The van der Waals surface area contributed by atoms with Crippen LogP contribution in [0.15, 0.2) is 285 Å². The van der Waals surface area contributed by atoms with Gasteiger partial charge in [-0.3, -0.25) is 4.98 Å². The largest absolute Gasteiger partial charge is 0.311 e. The Morgan fingerprint density at radius 2 is 0.586 bits per heavy atom. The molecule has 0 radical (unpaired) electrons. The number of anilines is 6. The van der Waals surface area contributed by atoms with Gasteiger partial charge in [-0.25, -0.2) is 0 Å². The van der Waals surface area contributed by atoms with Crippen LogP contribution in [-0.4, -0.2) is 4.98 Å². The minimum Gasteiger partial charge on any atom is -0.311 e. The van der Waals surface area contributed by atoms with Crippen LogP contribution in [-0.2, 0) is 0 Å². The number of aromatic nitrogens is 1. The highest BCUT2D eigenvalue weighted by Gasteiger charge is 2.21. The summed E-state index contributed by atoms with van der Waals surface area (Å²) in [6.45, 7) is 0. The predicted molar refractivity (Wildman–Crippen MR) is 294 cm³/mol. The second kappa shape index (κ2) is 20.2. The van der Waals surface area contributed by atoms with Crippen molar-refractivity contribution in [2.45, 2.75) is 5.92 Å². The minimum absolute atomic E-state index is 0.00446. The quantitative estimate of drug-likeness (QED) is 0.107. The number of hydrogen-bond donors (Lipinski definition) is 0. The topological polar surface area (TPSA) is 19.4 Å². The maximum absolute atomic E-state index is 6.65. The standard InChI is InChI=1S/C66H48ClN3/c67-65-21-11-10-20-64(65)53-28-40-61(41-29-53)70(59-36-24-51(25-37-59)49-15-6-2-7-16-49)63-44-32-56(33-45-63)66(54-17-8-3-9-18-54)55-30-42-62(43-31-55)69(58-34-22-50(23-35-58)48-13-4-1-5-14-48)60-38-26-52(27-39-60)57-19-12-46-68-47-57/h1-47,66H. The first-order chi connectivity index (χ1) is 34.6. The Morgan fingerprint density at radius 1 is 0.271 bits per heavy atom. The second-order valence-corrected chi connectivity index (χ2v) is 17.7. The van der Waals surface area contributed by atoms with Crippen molar-refractivity contribution in [2.75, 3.05) is 9.80 Å². The van der Waals surface area contributed by atoms with Crippen LogP contribution in [0.5, 0.6) is 0 Å². The molecule has 70 heavy (non-hydrogen) atoms. The minimum atomic E-state index is -0.00446. The molecule has 1 aromatic heterocycles. The van der Waals surface area contributed by atoms with Crippen LogP contribution in [0, 0.1) is 0 Å². The van der Waals surface area contributed by atoms with Crippen molar-refractivity contribution in [3.8, 4) is 44.5 Å². The van der Waals surface area contributed by atoms with Gasteiger partial charge >= 0.3 is 0 Å². The molecule has 10 aromatic carbocycles. The lowest BCUT2D eigenvalue weighted by atomic mass is 9.85. The van der Waals surface area contributed by atoms with Gasteiger partial charge in [-0.1, -0.05) is 200 Å². The highest BCUT2D eigenvalue weighted by Crippen LogP contribution is 2.42. The molecule has 0 aliphatic rings. The number of halogens is 1. The third kappa shape index (κ3) is 9.40. The molecular weight excluding hydrogens is 870 g/mol. The molecule has 1 unspecified atom stereocenters. The van der Waals surface area contributed by atoms with Crippen molar-refractivity contribution in [1.29, 1.82) is 0 Å². The average Bonchev–Trinajstić information content (AvgIpc) is 3.44. The van der Waals surface area contributed by atoms with Crippen LogP contribution in [0.25, 0.3) is 44.5 Å². The van der Waals surface area contributed by atoms with Crippen LogP contribution >= 0.6 is 11.6 Å². The fraction of sp³-hybridized carbons (Fsp3) is 0.0152. The van der Waals surface area contributed by atoms with Crippen molar-refractivity contribution in [3.63, 3.8) is 0 Å². The zero-order valence-electron chi connectivity index (χ0n) is 38.4. The molecule has 11 rings (SSSR count). The summed E-state index contributed by atoms with van der Waals surface area (Å²) in [5, 5.41) is 0.736. The Hall–Kier alpha value is -8.76. The van der Waals surface area contributed by atoms with Crippen molar-refractivity contribution in [1.82, 2.24) is 4.98 Å². The summed E-state index contributed by atoms with van der Waals surface area (Å²) in [6, 6.07) is 97.2. The monoisotopic (exact) mass is 917 g/mol. The molecule has 0 aliphatic carbocycles. The SMILES string of the molecule is Clc1ccccc1-c1ccc(N(c2ccc(-c3ccccc3)cc2)c2ccc(C(c3ccccc3)c3ccc(N(c4ccc(-c5ccccc5)cc4)c4ccc(-c5cccnc5)cc4)cc3)cc2)cc1. The molecule has 3 nitrogen and oxygen atoms in total. The summed E-state index contributed by atoms with van der Waals surface area (Å²) in [5.41, 5.74) is 19.1. The first kappa shape index (κ1) is 43.8. The van der Waals surface area contributed by atoms with Crippen LogP contribution < -0.4 is 9.80 Å². The smallest absolute Gasteiger partial charge is 0.0484 e. The third-order valence-corrected chi connectivity index (χ3v) is 13.3. The molecule has 4 heteroatoms. The molecule has 1 heterocycles. The van der Waals surface area contributed by atoms with Gasteiger partial charge in [0.25, 0.3) is 0 Å². The maximum atomic E-state index is 6.65. The van der Waals surface area contributed by atoms with Gasteiger partial charge in [0.05, 0.1) is 0 Å². The van der Waals surface area contributed by atoms with E-state index >= 15 is 0 Å². The lowest BCUT2D eigenvalue weighted by molar-refractivity contribution is 0.976. The molecule has 0 N–H and O–H groups in total. The van der Waals surface area contributed by atoms with Crippen LogP contribution in [0.4, 0.5) is 34.1 Å². The molecule has 1 atom stereocenters. The number of hydrogen-bond acceptors (Lipinski definition) is 3. The predicted octanol–water partition coefficient (Wildman–Crippen LogP) is 18.5. The van der Waals surface area contributed by atoms with Gasteiger partial charge in [0, 0.05) is 63.0 Å². The number of benzene rings is 10. The lowest BCUT2D eigenvalue weighted by Gasteiger charge is -2.28. The van der Waals surface area contributed by atoms with E-state index in [0.717, 1.165) is 61.4 Å². The van der Waals surface area contributed by atoms with Crippen molar-refractivity contribution in [3.05, 3.63) is 307 Å². The summed E-state index contributed by atoms with van der Waals surface area (Å²) in [4.78, 5) is 9.02. The molecule has 0 bridgehead atoms. The zero-order valence-corrected chi connectivity index (χ0v) is 39.2. The van der Waals surface area contributed by atoms with Gasteiger partial charge in [-0.2, -0.15) is 0 Å². The third-order valence-electron chi connectivity index (χ3n) is 13.0. The summed E-state index contributed by atoms with van der Waals surface area (Å²) < 4.78 is 0. The van der Waals surface area contributed by atoms with Gasteiger partial charge < -0.3 is 9.80 Å². The van der Waals surface area contributed by atoms with E-state index in [0.29, 0.717) is 0 Å². The van der Waals surface area contributed by atoms with Crippen LogP contribution in [0.1, 0.15) is 22.6 Å². The molecule has 11 aromatic rings. The van der Waals surface area contributed by atoms with E-state index in [4.69, 9.17) is 11.6 Å². The normalized spacial score (nSPS) is 11.4. The Labute approximate surface area is 415 Å². The Bertz CT molecular complexity index is 3340. The summed E-state index contributed by atoms with van der Waals surface area (Å²) in [5.74, 6) is -0.00446. The molecule has 0 saturated heterocycles. The van der Waals surface area contributed by atoms with Gasteiger partial charge in [-0.15, -0.1) is 0 Å². The Morgan fingerprint density at radius 3 is 0.986 bits per heavy atom. The first-order valence-corrected chi connectivity index (χ1v) is 24.0.